The van der Waals surface area contributed by atoms with Crippen LogP contribution in [0.5, 0.6) is 11.5 Å². The maximum Gasteiger partial charge on any atom is 0.338 e. The van der Waals surface area contributed by atoms with E-state index in [-0.39, 0.29) is 24.1 Å². The van der Waals surface area contributed by atoms with Gasteiger partial charge in [-0.2, -0.15) is 0 Å². The molecule has 3 rings (SSSR count). The van der Waals surface area contributed by atoms with Crippen molar-refractivity contribution in [2.24, 2.45) is 0 Å². The first-order valence-corrected chi connectivity index (χ1v) is 11.1. The van der Waals surface area contributed by atoms with Crippen LogP contribution in [0.15, 0.2) is 78.9 Å². The summed E-state index contributed by atoms with van der Waals surface area (Å²) in [5.74, 6) is -0.334. The first-order chi connectivity index (χ1) is 16.9. The third-order valence-electron chi connectivity index (χ3n) is 5.12. The predicted octanol–water partition coefficient (Wildman–Crippen LogP) is 4.14. The molecule has 3 aromatic rings. The molecule has 2 atom stereocenters. The van der Waals surface area contributed by atoms with E-state index in [2.05, 4.69) is 10.6 Å². The fourth-order valence-electron chi connectivity index (χ4n) is 3.17. The molecule has 182 valence electrons. The highest BCUT2D eigenvalue weighted by Gasteiger charge is 2.21. The van der Waals surface area contributed by atoms with Gasteiger partial charge >= 0.3 is 5.97 Å². The van der Waals surface area contributed by atoms with E-state index in [0.29, 0.717) is 17.2 Å². The predicted molar refractivity (Wildman–Crippen MR) is 131 cm³/mol. The van der Waals surface area contributed by atoms with Crippen molar-refractivity contribution in [3.05, 3.63) is 90.0 Å². The second kappa shape index (κ2) is 12.2. The normalized spacial score (nSPS) is 12.1. The van der Waals surface area contributed by atoms with Crippen LogP contribution in [0.3, 0.4) is 0 Å². The molecule has 0 radical (unpaired) electrons. The monoisotopic (exact) mass is 476 g/mol. The molecule has 2 N–H and O–H groups in total. The number of methoxy groups -OCH3 is 1. The smallest absolute Gasteiger partial charge is 0.338 e. The molecule has 0 saturated heterocycles. The van der Waals surface area contributed by atoms with Gasteiger partial charge in [-0.15, -0.1) is 0 Å². The van der Waals surface area contributed by atoms with Gasteiger partial charge in [0.2, 0.25) is 0 Å². The molecule has 0 heterocycles. The van der Waals surface area contributed by atoms with Gasteiger partial charge in [0, 0.05) is 11.8 Å². The summed E-state index contributed by atoms with van der Waals surface area (Å²) in [7, 11) is 1.55. The molecule has 0 fully saturated rings. The minimum atomic E-state index is -0.968. The van der Waals surface area contributed by atoms with Crippen LogP contribution in [0.2, 0.25) is 0 Å². The summed E-state index contributed by atoms with van der Waals surface area (Å²) >= 11 is 0. The van der Waals surface area contributed by atoms with E-state index in [0.717, 1.165) is 5.56 Å². The van der Waals surface area contributed by atoms with Crippen LogP contribution in [-0.2, 0) is 14.3 Å². The lowest BCUT2D eigenvalue weighted by molar-refractivity contribution is -0.129. The number of nitrogens with one attached hydrogen (secondary N) is 2. The summed E-state index contributed by atoms with van der Waals surface area (Å²) in [6.07, 6.45) is -0.968. The van der Waals surface area contributed by atoms with Gasteiger partial charge < -0.3 is 24.8 Å². The summed E-state index contributed by atoms with van der Waals surface area (Å²) in [6.45, 7) is 3.17. The van der Waals surface area contributed by atoms with Crippen molar-refractivity contribution in [2.45, 2.75) is 26.0 Å². The van der Waals surface area contributed by atoms with E-state index >= 15 is 0 Å². The molecule has 8 heteroatoms. The molecule has 35 heavy (non-hydrogen) atoms. The largest absolute Gasteiger partial charge is 0.497 e. The summed E-state index contributed by atoms with van der Waals surface area (Å²) < 4.78 is 15.9. The van der Waals surface area contributed by atoms with Crippen molar-refractivity contribution in [2.75, 3.05) is 19.0 Å². The number of benzene rings is 3. The number of hydrogen-bond acceptors (Lipinski definition) is 6. The topological polar surface area (TPSA) is 103 Å². The summed E-state index contributed by atoms with van der Waals surface area (Å²) in [6, 6.07) is 22.4. The van der Waals surface area contributed by atoms with Crippen molar-refractivity contribution in [1.82, 2.24) is 5.32 Å². The first kappa shape index (κ1) is 25.3. The highest BCUT2D eigenvalue weighted by Crippen LogP contribution is 2.18. The number of carbonyl (C=O) groups excluding carboxylic acids is 3. The zero-order valence-electron chi connectivity index (χ0n) is 19.8. The molecule has 2 unspecified atom stereocenters. The highest BCUT2D eigenvalue weighted by atomic mass is 16.5. The fourth-order valence-corrected chi connectivity index (χ4v) is 3.17. The van der Waals surface area contributed by atoms with E-state index in [9.17, 15) is 14.4 Å². The molecule has 0 saturated carbocycles. The molecule has 0 aliphatic rings. The Hall–Kier alpha value is -4.33. The summed E-state index contributed by atoms with van der Waals surface area (Å²) in [5.41, 5.74) is 1.80. The molecular formula is C27H28N2O6. The fraction of sp³-hybridized carbons (Fsp3) is 0.222. The number of rotatable bonds is 10. The Balaban J connectivity index is 1.46. The highest BCUT2D eigenvalue weighted by molar-refractivity contribution is 5.93. The second-order valence-corrected chi connectivity index (χ2v) is 7.78. The maximum absolute atomic E-state index is 12.4. The minimum Gasteiger partial charge on any atom is -0.497 e. The zero-order valence-corrected chi connectivity index (χ0v) is 19.8. The van der Waals surface area contributed by atoms with Crippen LogP contribution in [-0.4, -0.2) is 37.6 Å². The van der Waals surface area contributed by atoms with Crippen molar-refractivity contribution in [3.63, 3.8) is 0 Å². The van der Waals surface area contributed by atoms with Gasteiger partial charge in [-0.25, -0.2) is 4.79 Å². The number of amides is 2. The molecule has 3 aromatic carbocycles. The third-order valence-corrected chi connectivity index (χ3v) is 5.12. The zero-order chi connectivity index (χ0) is 25.2. The van der Waals surface area contributed by atoms with E-state index in [4.69, 9.17) is 14.2 Å². The second-order valence-electron chi connectivity index (χ2n) is 7.78. The molecule has 0 aliphatic carbocycles. The molecule has 0 bridgehead atoms. The Morgan fingerprint density at radius 1 is 0.857 bits per heavy atom. The average Bonchev–Trinajstić information content (AvgIpc) is 2.88. The van der Waals surface area contributed by atoms with Crippen LogP contribution < -0.4 is 20.1 Å². The minimum absolute atomic E-state index is 0.211. The Labute approximate surface area is 204 Å². The first-order valence-electron chi connectivity index (χ1n) is 11.1. The van der Waals surface area contributed by atoms with Crippen LogP contribution in [0.25, 0.3) is 0 Å². The van der Waals surface area contributed by atoms with Gasteiger partial charge in [-0.3, -0.25) is 9.59 Å². The quantitative estimate of drug-likeness (QED) is 0.427. The van der Waals surface area contributed by atoms with Gasteiger partial charge in [0.15, 0.2) is 12.7 Å². The van der Waals surface area contributed by atoms with E-state index in [1.54, 1.807) is 43.5 Å². The lowest BCUT2D eigenvalue weighted by atomic mass is 10.1. The number of hydrogen-bond donors (Lipinski definition) is 2. The molecule has 0 aliphatic heterocycles. The summed E-state index contributed by atoms with van der Waals surface area (Å²) in [5, 5.41) is 5.55. The summed E-state index contributed by atoms with van der Waals surface area (Å²) in [4.78, 5) is 37.0. The Bertz CT molecular complexity index is 1150. The average molecular weight is 477 g/mol. The van der Waals surface area contributed by atoms with E-state index < -0.39 is 18.0 Å². The number of ether oxygens (including phenoxy) is 3. The molecule has 0 spiro atoms. The molecule has 2 amide bonds. The van der Waals surface area contributed by atoms with Gasteiger partial charge in [-0.1, -0.05) is 36.4 Å². The lowest BCUT2D eigenvalue weighted by Gasteiger charge is -2.18. The van der Waals surface area contributed by atoms with Gasteiger partial charge in [0.05, 0.1) is 18.7 Å². The van der Waals surface area contributed by atoms with Gasteiger partial charge in [0.1, 0.15) is 11.5 Å². The molecule has 8 nitrogen and oxygen atoms in total. The Morgan fingerprint density at radius 3 is 2.26 bits per heavy atom. The van der Waals surface area contributed by atoms with Crippen LogP contribution in [0.4, 0.5) is 5.69 Å². The van der Waals surface area contributed by atoms with Crippen LogP contribution in [0, 0.1) is 0 Å². The van der Waals surface area contributed by atoms with Crippen molar-refractivity contribution < 1.29 is 28.6 Å². The van der Waals surface area contributed by atoms with Crippen molar-refractivity contribution >= 4 is 23.5 Å². The van der Waals surface area contributed by atoms with Gasteiger partial charge in [0.25, 0.3) is 11.8 Å². The Kier molecular flexibility index (Phi) is 8.83. The number of anilines is 1. The lowest BCUT2D eigenvalue weighted by Crippen LogP contribution is -2.37. The number of carbonyl (C=O) groups is 3. The van der Waals surface area contributed by atoms with Crippen molar-refractivity contribution in [3.8, 4) is 11.5 Å². The van der Waals surface area contributed by atoms with E-state index in [1.807, 2.05) is 37.3 Å². The standard InChI is InChI=1S/C27H28N2O6/c1-18(20-8-5-4-6-9-20)28-26(31)19(2)35-27(32)21-12-14-23(15-13-21)34-17-25(30)29-22-10-7-11-24(16-22)33-3/h4-16,18-19H,17H2,1-3H3,(H,28,31)(H,29,30). The number of esters is 1. The van der Waals surface area contributed by atoms with Crippen molar-refractivity contribution in [1.29, 1.82) is 0 Å². The maximum atomic E-state index is 12.4. The Morgan fingerprint density at radius 2 is 1.57 bits per heavy atom. The molecule has 0 aromatic heterocycles. The molecular weight excluding hydrogens is 448 g/mol. The van der Waals surface area contributed by atoms with Crippen LogP contribution >= 0.6 is 0 Å². The van der Waals surface area contributed by atoms with E-state index in [1.165, 1.54) is 19.1 Å². The van der Waals surface area contributed by atoms with Crippen LogP contribution in [0.1, 0.15) is 35.8 Å². The third kappa shape index (κ3) is 7.60. The van der Waals surface area contributed by atoms with Gasteiger partial charge in [-0.05, 0) is 55.8 Å². The SMILES string of the molecule is COc1cccc(NC(=O)COc2ccc(C(=O)OC(C)C(=O)NC(C)c3ccccc3)cc2)c1.